The Morgan fingerprint density at radius 1 is 1.25 bits per heavy atom. The summed E-state index contributed by atoms with van der Waals surface area (Å²) in [5.74, 6) is -1.56. The number of hydrogen-bond acceptors (Lipinski definition) is 5. The fourth-order valence-electron chi connectivity index (χ4n) is 3.88. The lowest BCUT2D eigenvalue weighted by molar-refractivity contribution is -0.136. The van der Waals surface area contributed by atoms with Gasteiger partial charge in [0.1, 0.15) is 11.8 Å². The highest BCUT2D eigenvalue weighted by Gasteiger charge is 2.40. The van der Waals surface area contributed by atoms with Gasteiger partial charge >= 0.3 is 6.03 Å². The van der Waals surface area contributed by atoms with Gasteiger partial charge in [-0.2, -0.15) is 0 Å². The second-order valence-corrected chi connectivity index (χ2v) is 8.23. The van der Waals surface area contributed by atoms with Crippen molar-refractivity contribution in [2.24, 2.45) is 0 Å². The van der Waals surface area contributed by atoms with Crippen LogP contribution in [0.5, 0.6) is 5.75 Å². The Bertz CT molecular complexity index is 1150. The first kappa shape index (κ1) is 21.6. The van der Waals surface area contributed by atoms with Crippen molar-refractivity contribution in [1.82, 2.24) is 15.5 Å². The SMILES string of the molecule is Cc1ccc(NC(=O)NCc2cc(O)c3c(c2)CN(C2CCC(=O)NC2=O)C3=O)cc1Cl. The number of halogens is 1. The van der Waals surface area contributed by atoms with E-state index in [0.717, 1.165) is 5.56 Å². The number of rotatable bonds is 4. The van der Waals surface area contributed by atoms with Crippen molar-refractivity contribution in [2.75, 3.05) is 5.32 Å². The van der Waals surface area contributed by atoms with E-state index in [-0.39, 0.29) is 43.2 Å². The minimum Gasteiger partial charge on any atom is -0.507 e. The molecular weight excluding hydrogens is 436 g/mol. The van der Waals surface area contributed by atoms with Gasteiger partial charge in [-0.1, -0.05) is 23.7 Å². The molecule has 1 fully saturated rings. The molecule has 4 rings (SSSR count). The molecule has 5 amide bonds. The number of anilines is 1. The Hall–Kier alpha value is -3.59. The largest absolute Gasteiger partial charge is 0.507 e. The van der Waals surface area contributed by atoms with E-state index in [4.69, 9.17) is 11.6 Å². The molecule has 10 heteroatoms. The zero-order valence-corrected chi connectivity index (χ0v) is 18.0. The zero-order valence-electron chi connectivity index (χ0n) is 17.2. The van der Waals surface area contributed by atoms with Crippen molar-refractivity contribution in [2.45, 2.75) is 38.9 Å². The molecule has 32 heavy (non-hydrogen) atoms. The Balaban J connectivity index is 1.43. The van der Waals surface area contributed by atoms with Gasteiger partial charge in [0, 0.05) is 30.2 Å². The Morgan fingerprint density at radius 3 is 2.75 bits per heavy atom. The lowest BCUT2D eigenvalue weighted by Crippen LogP contribution is -2.52. The summed E-state index contributed by atoms with van der Waals surface area (Å²) in [7, 11) is 0. The molecule has 0 bridgehead atoms. The molecule has 0 saturated carbocycles. The molecular formula is C22H21ClN4O5. The van der Waals surface area contributed by atoms with E-state index in [9.17, 15) is 24.3 Å². The van der Waals surface area contributed by atoms with Gasteiger partial charge in [-0.15, -0.1) is 0 Å². The molecule has 0 aromatic heterocycles. The summed E-state index contributed by atoms with van der Waals surface area (Å²) in [6.45, 7) is 2.10. The molecule has 2 aliphatic rings. The zero-order chi connectivity index (χ0) is 23.0. The number of phenolic OH excluding ortho intramolecular Hbond substituents is 1. The van der Waals surface area contributed by atoms with Crippen LogP contribution >= 0.6 is 11.6 Å². The first-order valence-electron chi connectivity index (χ1n) is 10.0. The average molecular weight is 457 g/mol. The maximum Gasteiger partial charge on any atom is 0.319 e. The van der Waals surface area contributed by atoms with Crippen LogP contribution in [-0.2, 0) is 22.7 Å². The first-order valence-corrected chi connectivity index (χ1v) is 10.4. The molecule has 2 aliphatic heterocycles. The third-order valence-electron chi connectivity index (χ3n) is 5.54. The van der Waals surface area contributed by atoms with Crippen LogP contribution < -0.4 is 16.0 Å². The fourth-order valence-corrected chi connectivity index (χ4v) is 4.06. The Morgan fingerprint density at radius 2 is 2.03 bits per heavy atom. The smallest absolute Gasteiger partial charge is 0.319 e. The highest BCUT2D eigenvalue weighted by atomic mass is 35.5. The van der Waals surface area contributed by atoms with Crippen molar-refractivity contribution in [3.8, 4) is 5.75 Å². The predicted molar refractivity (Wildman–Crippen MR) is 116 cm³/mol. The minimum absolute atomic E-state index is 0.110. The molecule has 0 radical (unpaired) electrons. The summed E-state index contributed by atoms with van der Waals surface area (Å²) in [5, 5.41) is 18.6. The van der Waals surface area contributed by atoms with Crippen LogP contribution in [0.3, 0.4) is 0 Å². The predicted octanol–water partition coefficient (Wildman–Crippen LogP) is 2.44. The average Bonchev–Trinajstić information content (AvgIpc) is 3.06. The minimum atomic E-state index is -0.763. The van der Waals surface area contributed by atoms with Crippen LogP contribution in [0.4, 0.5) is 10.5 Å². The number of nitrogens with one attached hydrogen (secondary N) is 3. The number of carbonyl (C=O) groups is 4. The molecule has 2 heterocycles. The molecule has 4 N–H and O–H groups in total. The van der Waals surface area contributed by atoms with Crippen molar-refractivity contribution in [3.63, 3.8) is 0 Å². The van der Waals surface area contributed by atoms with E-state index in [0.29, 0.717) is 21.8 Å². The van der Waals surface area contributed by atoms with Gasteiger partial charge in [-0.3, -0.25) is 19.7 Å². The summed E-state index contributed by atoms with van der Waals surface area (Å²) < 4.78 is 0. The van der Waals surface area contributed by atoms with Crippen molar-refractivity contribution in [3.05, 3.63) is 57.6 Å². The number of hydrogen-bond donors (Lipinski definition) is 4. The van der Waals surface area contributed by atoms with E-state index < -0.39 is 23.9 Å². The summed E-state index contributed by atoms with van der Waals surface area (Å²) in [6.07, 6.45) is 0.391. The van der Waals surface area contributed by atoms with Gasteiger partial charge in [-0.05, 0) is 48.2 Å². The number of urea groups is 1. The second kappa shape index (κ2) is 8.51. The quantitative estimate of drug-likeness (QED) is 0.525. The van der Waals surface area contributed by atoms with E-state index >= 15 is 0 Å². The fraction of sp³-hybridized carbons (Fsp3) is 0.273. The van der Waals surface area contributed by atoms with Crippen LogP contribution in [0.15, 0.2) is 30.3 Å². The highest BCUT2D eigenvalue weighted by molar-refractivity contribution is 6.31. The molecule has 2 aromatic carbocycles. The van der Waals surface area contributed by atoms with Crippen LogP contribution in [0.1, 0.15) is 39.9 Å². The molecule has 1 saturated heterocycles. The van der Waals surface area contributed by atoms with Gasteiger partial charge in [0.25, 0.3) is 5.91 Å². The number of imide groups is 1. The van der Waals surface area contributed by atoms with Gasteiger partial charge in [0.15, 0.2) is 0 Å². The maximum atomic E-state index is 12.8. The van der Waals surface area contributed by atoms with Crippen molar-refractivity contribution >= 4 is 41.0 Å². The molecule has 0 aliphatic carbocycles. The second-order valence-electron chi connectivity index (χ2n) is 7.82. The number of carbonyl (C=O) groups excluding carboxylic acids is 4. The number of aryl methyl sites for hydroxylation is 1. The van der Waals surface area contributed by atoms with E-state index in [1.165, 1.54) is 11.0 Å². The molecule has 1 atom stereocenters. The summed E-state index contributed by atoms with van der Waals surface area (Å²) in [6, 6.07) is 7.08. The Kier molecular flexibility index (Phi) is 5.75. The third-order valence-corrected chi connectivity index (χ3v) is 5.95. The number of aromatic hydroxyl groups is 1. The number of fused-ring (bicyclic) bond motifs is 1. The van der Waals surface area contributed by atoms with Crippen molar-refractivity contribution in [1.29, 1.82) is 0 Å². The highest BCUT2D eigenvalue weighted by Crippen LogP contribution is 2.34. The van der Waals surface area contributed by atoms with Crippen LogP contribution in [0.2, 0.25) is 5.02 Å². The van der Waals surface area contributed by atoms with Gasteiger partial charge in [-0.25, -0.2) is 4.79 Å². The number of amides is 5. The molecule has 0 spiro atoms. The van der Waals surface area contributed by atoms with Crippen molar-refractivity contribution < 1.29 is 24.3 Å². The third kappa shape index (κ3) is 4.24. The molecule has 1 unspecified atom stereocenters. The number of piperidine rings is 1. The van der Waals surface area contributed by atoms with Crippen LogP contribution in [0.25, 0.3) is 0 Å². The maximum absolute atomic E-state index is 12.8. The van der Waals surface area contributed by atoms with E-state index in [1.807, 2.05) is 6.92 Å². The molecule has 9 nitrogen and oxygen atoms in total. The lowest BCUT2D eigenvalue weighted by Gasteiger charge is -2.29. The van der Waals surface area contributed by atoms with Crippen LogP contribution in [-0.4, -0.2) is 39.8 Å². The lowest BCUT2D eigenvalue weighted by atomic mass is 10.0. The summed E-state index contributed by atoms with van der Waals surface area (Å²) in [5.41, 5.74) is 2.73. The topological polar surface area (TPSA) is 128 Å². The first-order chi connectivity index (χ1) is 15.2. The normalized spacial score (nSPS) is 17.8. The van der Waals surface area contributed by atoms with Gasteiger partial charge in [0.2, 0.25) is 11.8 Å². The standard InChI is InChI=1S/C22H21ClN4O5/c1-11-2-3-14(8-15(11)23)25-22(32)24-9-12-6-13-10-27(21(31)19(13)17(28)7-12)16-4-5-18(29)26-20(16)30/h2-3,6-8,16,28H,4-5,9-10H2,1H3,(H2,24,25,32)(H,26,29,30). The monoisotopic (exact) mass is 456 g/mol. The number of nitrogens with zero attached hydrogens (tertiary/aromatic N) is 1. The Labute approximate surface area is 188 Å². The molecule has 166 valence electrons. The summed E-state index contributed by atoms with van der Waals surface area (Å²) >= 11 is 6.06. The van der Waals surface area contributed by atoms with Gasteiger partial charge in [0.05, 0.1) is 5.56 Å². The number of phenols is 1. The van der Waals surface area contributed by atoms with Crippen LogP contribution in [0, 0.1) is 6.92 Å². The van der Waals surface area contributed by atoms with E-state index in [1.54, 1.807) is 24.3 Å². The number of benzene rings is 2. The van der Waals surface area contributed by atoms with Gasteiger partial charge < -0.3 is 20.6 Å². The molecule has 2 aromatic rings. The van der Waals surface area contributed by atoms with E-state index in [2.05, 4.69) is 16.0 Å². The summed E-state index contributed by atoms with van der Waals surface area (Å²) in [4.78, 5) is 49.9.